The minimum Gasteiger partial charge on any atom is -0.459 e. The van der Waals surface area contributed by atoms with E-state index in [1.165, 1.54) is 12.5 Å². The summed E-state index contributed by atoms with van der Waals surface area (Å²) in [5.41, 5.74) is 0.471. The lowest BCUT2D eigenvalue weighted by atomic mass is 9.78. The van der Waals surface area contributed by atoms with Crippen LogP contribution in [0.15, 0.2) is 11.6 Å². The zero-order valence-corrected chi connectivity index (χ0v) is 15.4. The summed E-state index contributed by atoms with van der Waals surface area (Å²) in [6.45, 7) is 9.06. The van der Waals surface area contributed by atoms with Gasteiger partial charge in [-0.25, -0.2) is 0 Å². The van der Waals surface area contributed by atoms with Gasteiger partial charge in [-0.15, -0.1) is 0 Å². The molecule has 23 heavy (non-hydrogen) atoms. The fourth-order valence-electron chi connectivity index (χ4n) is 4.32. The zero-order chi connectivity index (χ0) is 17.6. The van der Waals surface area contributed by atoms with Crippen LogP contribution in [-0.4, -0.2) is 29.3 Å². The van der Waals surface area contributed by atoms with Crippen molar-refractivity contribution in [1.29, 1.82) is 0 Å². The van der Waals surface area contributed by atoms with Crippen LogP contribution in [0.25, 0.3) is 0 Å². The molecule has 0 aromatic rings. The predicted molar refractivity (Wildman–Crippen MR) is 88.5 cm³/mol. The number of esters is 1. The van der Waals surface area contributed by atoms with E-state index in [2.05, 4.69) is 13.8 Å². The van der Waals surface area contributed by atoms with Crippen LogP contribution in [0.3, 0.4) is 0 Å². The molecule has 0 spiro atoms. The van der Waals surface area contributed by atoms with Gasteiger partial charge in [-0.05, 0) is 45.4 Å². The molecule has 1 fully saturated rings. The van der Waals surface area contributed by atoms with Crippen LogP contribution in [0.2, 0.25) is 0 Å². The maximum absolute atomic E-state index is 12.1. The smallest absolute Gasteiger partial charge is 0.303 e. The first-order valence-corrected chi connectivity index (χ1v) is 9.72. The molecule has 0 amide bonds. The van der Waals surface area contributed by atoms with Gasteiger partial charge in [0.2, 0.25) is 0 Å². The third-order valence-corrected chi connectivity index (χ3v) is 7.54. The van der Waals surface area contributed by atoms with E-state index in [0.717, 1.165) is 6.42 Å². The second-order valence-electron chi connectivity index (χ2n) is 7.76. The third-order valence-electron chi connectivity index (χ3n) is 5.89. The van der Waals surface area contributed by atoms with Gasteiger partial charge < -0.3 is 4.74 Å². The second-order valence-corrected chi connectivity index (χ2v) is 9.64. The van der Waals surface area contributed by atoms with Crippen LogP contribution in [0.4, 0.5) is 0 Å². The maximum Gasteiger partial charge on any atom is 0.303 e. The molecule has 0 aliphatic heterocycles. The summed E-state index contributed by atoms with van der Waals surface area (Å²) in [6.07, 6.45) is 4.48. The molecule has 2 aliphatic carbocycles. The highest BCUT2D eigenvalue weighted by Crippen LogP contribution is 2.54. The Bertz CT molecular complexity index is 621. The summed E-state index contributed by atoms with van der Waals surface area (Å²) >= 11 is 0. The van der Waals surface area contributed by atoms with Gasteiger partial charge in [0.25, 0.3) is 10.1 Å². The Hall–Kier alpha value is -0.880. The lowest BCUT2D eigenvalue weighted by Gasteiger charge is -2.38. The van der Waals surface area contributed by atoms with Crippen molar-refractivity contribution < 1.29 is 22.5 Å². The highest BCUT2D eigenvalue weighted by molar-refractivity contribution is 7.87. The van der Waals surface area contributed by atoms with Crippen molar-refractivity contribution >= 4 is 16.1 Å². The molecule has 2 aliphatic rings. The van der Waals surface area contributed by atoms with Crippen molar-refractivity contribution in [3.63, 3.8) is 0 Å². The topological polar surface area (TPSA) is 80.7 Å². The van der Waals surface area contributed by atoms with E-state index in [4.69, 9.17) is 4.74 Å². The summed E-state index contributed by atoms with van der Waals surface area (Å²) < 4.78 is 38.4. The molecular formula is C17H28O5S. The van der Waals surface area contributed by atoms with Crippen molar-refractivity contribution in [1.82, 2.24) is 0 Å². The molecule has 1 saturated carbocycles. The van der Waals surface area contributed by atoms with Crippen LogP contribution in [0.5, 0.6) is 0 Å². The van der Waals surface area contributed by atoms with Crippen molar-refractivity contribution in [2.45, 2.75) is 70.7 Å². The minimum atomic E-state index is -4.20. The molecule has 5 nitrogen and oxygen atoms in total. The van der Waals surface area contributed by atoms with Crippen LogP contribution in [0, 0.1) is 17.8 Å². The van der Waals surface area contributed by atoms with E-state index < -0.39 is 20.5 Å². The Morgan fingerprint density at radius 1 is 1.35 bits per heavy atom. The number of hydrogen-bond donors (Lipinski definition) is 1. The van der Waals surface area contributed by atoms with Crippen molar-refractivity contribution in [3.8, 4) is 0 Å². The first kappa shape index (κ1) is 18.5. The molecular weight excluding hydrogens is 316 g/mol. The summed E-state index contributed by atoms with van der Waals surface area (Å²) in [5, 5.41) is 0. The SMILES string of the molecule is CC(=O)O[C@@]1(C)CCC(C(C)C)=C[C@@H]2[C@@H]1CC[C@@]2(C)S(=O)(=O)O. The molecule has 6 heteroatoms. The molecule has 4 atom stereocenters. The molecule has 0 unspecified atom stereocenters. The third kappa shape index (κ3) is 3.20. The van der Waals surface area contributed by atoms with Gasteiger partial charge in [0.1, 0.15) is 10.3 Å². The molecule has 0 heterocycles. The first-order chi connectivity index (χ1) is 10.4. The number of allylic oxidation sites excluding steroid dienone is 2. The number of carbonyl (C=O) groups excluding carboxylic acids is 1. The Labute approximate surface area is 139 Å². The summed E-state index contributed by atoms with van der Waals surface area (Å²) in [4.78, 5) is 11.6. The van der Waals surface area contributed by atoms with Gasteiger partial charge in [0, 0.05) is 18.8 Å². The Kier molecular flexibility index (Phi) is 4.72. The minimum absolute atomic E-state index is 0.102. The molecule has 132 valence electrons. The van der Waals surface area contributed by atoms with Crippen molar-refractivity contribution in [2.75, 3.05) is 0 Å². The van der Waals surface area contributed by atoms with Crippen molar-refractivity contribution in [3.05, 3.63) is 11.6 Å². The molecule has 1 N–H and O–H groups in total. The molecule has 0 bridgehead atoms. The van der Waals surface area contributed by atoms with E-state index in [9.17, 15) is 17.8 Å². The molecule has 2 rings (SSSR count). The maximum atomic E-state index is 12.1. The number of ether oxygens (including phenoxy) is 1. The monoisotopic (exact) mass is 344 g/mol. The predicted octanol–water partition coefficient (Wildman–Crippen LogP) is 3.36. The van der Waals surface area contributed by atoms with Crippen LogP contribution in [0.1, 0.15) is 60.3 Å². The highest BCUT2D eigenvalue weighted by Gasteiger charge is 2.58. The Morgan fingerprint density at radius 3 is 2.43 bits per heavy atom. The van der Waals surface area contributed by atoms with Crippen LogP contribution < -0.4 is 0 Å². The van der Waals surface area contributed by atoms with E-state index in [0.29, 0.717) is 25.2 Å². The quantitative estimate of drug-likeness (QED) is 0.482. The zero-order valence-electron chi connectivity index (χ0n) is 14.6. The molecule has 0 radical (unpaired) electrons. The first-order valence-electron chi connectivity index (χ1n) is 8.28. The van der Waals surface area contributed by atoms with E-state index >= 15 is 0 Å². The number of fused-ring (bicyclic) bond motifs is 1. The summed E-state index contributed by atoms with van der Waals surface area (Å²) in [5.74, 6) is -0.502. The fraction of sp³-hybridized carbons (Fsp3) is 0.824. The molecule has 0 aromatic heterocycles. The van der Waals surface area contributed by atoms with Gasteiger partial charge >= 0.3 is 5.97 Å². The number of rotatable bonds is 3. The highest BCUT2D eigenvalue weighted by atomic mass is 32.2. The Balaban J connectivity index is 2.54. The summed E-state index contributed by atoms with van der Waals surface area (Å²) in [7, 11) is -4.20. The van der Waals surface area contributed by atoms with Gasteiger partial charge in [-0.3, -0.25) is 9.35 Å². The van der Waals surface area contributed by atoms with Crippen LogP contribution >= 0.6 is 0 Å². The number of carbonyl (C=O) groups is 1. The van der Waals surface area contributed by atoms with E-state index in [1.807, 2.05) is 13.0 Å². The fourth-order valence-corrected chi connectivity index (χ4v) is 5.27. The second kappa shape index (κ2) is 5.88. The standard InChI is InChI=1S/C17H28O5S/c1-11(2)13-6-8-16(4,22-12(3)18)14-7-9-17(5,15(14)10-13)23(19,20)21/h10-11,14-15H,6-9H2,1-5H3,(H,19,20,21)/t14-,15+,16-,17+/m0/s1. The van der Waals surface area contributed by atoms with Gasteiger partial charge in [0.05, 0.1) is 0 Å². The number of hydrogen-bond acceptors (Lipinski definition) is 4. The lowest BCUT2D eigenvalue weighted by Crippen LogP contribution is -2.46. The van der Waals surface area contributed by atoms with E-state index in [-0.39, 0.29) is 17.8 Å². The van der Waals surface area contributed by atoms with E-state index in [1.54, 1.807) is 6.92 Å². The normalized spacial score (nSPS) is 38.0. The lowest BCUT2D eigenvalue weighted by molar-refractivity contribution is -0.163. The van der Waals surface area contributed by atoms with Gasteiger partial charge in [-0.1, -0.05) is 25.5 Å². The van der Waals surface area contributed by atoms with Crippen LogP contribution in [-0.2, 0) is 19.6 Å². The van der Waals surface area contributed by atoms with Crippen molar-refractivity contribution in [2.24, 2.45) is 17.8 Å². The molecule has 0 saturated heterocycles. The average Bonchev–Trinajstić information content (AvgIpc) is 2.64. The average molecular weight is 344 g/mol. The Morgan fingerprint density at radius 2 is 1.96 bits per heavy atom. The summed E-state index contributed by atoms with van der Waals surface area (Å²) in [6, 6.07) is 0. The molecule has 0 aromatic carbocycles. The van der Waals surface area contributed by atoms with Gasteiger partial charge in [0.15, 0.2) is 0 Å². The van der Waals surface area contributed by atoms with Gasteiger partial charge in [-0.2, -0.15) is 8.42 Å². The largest absolute Gasteiger partial charge is 0.459 e.